The molecule has 1 aromatic rings. The second-order valence-electron chi connectivity index (χ2n) is 2.23. The van der Waals surface area contributed by atoms with Gasteiger partial charge in [0.25, 0.3) is 6.43 Å². The topological polar surface area (TPSA) is 38.9 Å². The van der Waals surface area contributed by atoms with E-state index in [1.165, 1.54) is 6.20 Å². The van der Waals surface area contributed by atoms with Crippen LogP contribution in [0.4, 0.5) is 14.5 Å². The summed E-state index contributed by atoms with van der Waals surface area (Å²) in [6.07, 6.45) is -0.183. The molecule has 1 aromatic heterocycles. The lowest BCUT2D eigenvalue weighted by Gasteiger charge is -2.07. The van der Waals surface area contributed by atoms with Gasteiger partial charge < -0.3 is 5.73 Å². The molecule has 0 fully saturated rings. The summed E-state index contributed by atoms with van der Waals surface area (Å²) in [5, 5.41) is 0. The number of nitrogens with two attached hydrogens (primary N) is 1. The molecule has 1 heterocycles. The summed E-state index contributed by atoms with van der Waals surface area (Å²) in [4.78, 5) is 3.55. The number of aromatic nitrogens is 1. The summed E-state index contributed by atoms with van der Waals surface area (Å²) in [6.45, 7) is 0. The van der Waals surface area contributed by atoms with E-state index in [0.717, 1.165) is 6.20 Å². The van der Waals surface area contributed by atoms with Crippen molar-refractivity contribution >= 4 is 17.3 Å². The Morgan fingerprint density at radius 3 is 2.58 bits per heavy atom. The zero-order valence-electron chi connectivity index (χ0n) is 6.10. The maximum absolute atomic E-state index is 12.2. The van der Waals surface area contributed by atoms with E-state index in [9.17, 15) is 8.78 Å². The average Bonchev–Trinajstić information content (AvgIpc) is 2.03. The van der Waals surface area contributed by atoms with Gasteiger partial charge in [0, 0.05) is 23.2 Å². The monoisotopic (exact) mass is 192 g/mol. The first-order valence-corrected chi connectivity index (χ1v) is 3.76. The van der Waals surface area contributed by atoms with E-state index in [0.29, 0.717) is 0 Å². The van der Waals surface area contributed by atoms with E-state index in [1.54, 1.807) is 0 Å². The number of nitrogen functional groups attached to an aromatic ring is 1. The Labute approximate surface area is 73.4 Å². The van der Waals surface area contributed by atoms with Gasteiger partial charge in [0.2, 0.25) is 0 Å². The summed E-state index contributed by atoms with van der Waals surface area (Å²) in [5.74, 6) is -0.0198. The second-order valence-corrected chi connectivity index (χ2v) is 2.50. The van der Waals surface area contributed by atoms with Crippen LogP contribution < -0.4 is 5.73 Å². The molecule has 5 heteroatoms. The van der Waals surface area contributed by atoms with Crippen molar-refractivity contribution in [2.45, 2.75) is 12.3 Å². The number of pyridine rings is 1. The third-order valence-electron chi connectivity index (χ3n) is 1.49. The molecular formula is C7H7ClF2N2. The van der Waals surface area contributed by atoms with E-state index in [4.69, 9.17) is 17.3 Å². The summed E-state index contributed by atoms with van der Waals surface area (Å²) >= 11 is 5.44. The number of hydrogen-bond donors (Lipinski definition) is 1. The molecule has 0 bridgehead atoms. The van der Waals surface area contributed by atoms with Crippen LogP contribution in [-0.4, -0.2) is 4.98 Å². The fourth-order valence-electron chi connectivity index (χ4n) is 0.863. The summed E-state index contributed by atoms with van der Waals surface area (Å²) in [5.41, 5.74) is 5.68. The highest BCUT2D eigenvalue weighted by Gasteiger charge is 2.14. The van der Waals surface area contributed by atoms with Gasteiger partial charge in [0.1, 0.15) is 0 Å². The van der Waals surface area contributed by atoms with Gasteiger partial charge in [-0.25, -0.2) is 8.78 Å². The van der Waals surface area contributed by atoms with Crippen molar-refractivity contribution in [1.29, 1.82) is 0 Å². The predicted molar refractivity (Wildman–Crippen MR) is 43.2 cm³/mol. The molecule has 0 saturated carbocycles. The number of rotatable bonds is 2. The van der Waals surface area contributed by atoms with Crippen LogP contribution in [0.25, 0.3) is 0 Å². The van der Waals surface area contributed by atoms with Gasteiger partial charge >= 0.3 is 0 Å². The van der Waals surface area contributed by atoms with Gasteiger partial charge in [0.05, 0.1) is 11.9 Å². The molecule has 0 radical (unpaired) electrons. The summed E-state index contributed by atoms with van der Waals surface area (Å²) in [7, 11) is 0. The van der Waals surface area contributed by atoms with Gasteiger partial charge in [0.15, 0.2) is 0 Å². The Morgan fingerprint density at radius 2 is 2.17 bits per heavy atom. The Hall–Kier alpha value is -0.900. The number of alkyl halides is 3. The van der Waals surface area contributed by atoms with Crippen LogP contribution in [0.2, 0.25) is 0 Å². The smallest absolute Gasteiger partial charge is 0.265 e. The van der Waals surface area contributed by atoms with Crippen molar-refractivity contribution in [3.8, 4) is 0 Å². The van der Waals surface area contributed by atoms with Crippen molar-refractivity contribution in [2.24, 2.45) is 0 Å². The lowest BCUT2D eigenvalue weighted by molar-refractivity contribution is 0.150. The number of anilines is 1. The zero-order valence-corrected chi connectivity index (χ0v) is 6.85. The van der Waals surface area contributed by atoms with Crippen LogP contribution in [0.5, 0.6) is 0 Å². The summed E-state index contributed by atoms with van der Waals surface area (Å²) in [6, 6.07) is 0. The van der Waals surface area contributed by atoms with E-state index < -0.39 is 6.43 Å². The van der Waals surface area contributed by atoms with E-state index in [2.05, 4.69) is 4.98 Å². The minimum Gasteiger partial charge on any atom is -0.397 e. The molecule has 0 aromatic carbocycles. The van der Waals surface area contributed by atoms with E-state index in [1.807, 2.05) is 0 Å². The predicted octanol–water partition coefficient (Wildman–Crippen LogP) is 2.34. The third kappa shape index (κ3) is 1.64. The van der Waals surface area contributed by atoms with E-state index in [-0.39, 0.29) is 22.7 Å². The van der Waals surface area contributed by atoms with E-state index >= 15 is 0 Å². The van der Waals surface area contributed by atoms with Gasteiger partial charge in [-0.1, -0.05) is 0 Å². The third-order valence-corrected chi connectivity index (χ3v) is 1.76. The van der Waals surface area contributed by atoms with Crippen LogP contribution in [-0.2, 0) is 5.88 Å². The Morgan fingerprint density at radius 1 is 1.50 bits per heavy atom. The first-order valence-electron chi connectivity index (χ1n) is 3.23. The number of nitrogens with zero attached hydrogens (tertiary/aromatic N) is 1. The van der Waals surface area contributed by atoms with Crippen LogP contribution in [0, 0.1) is 0 Å². The van der Waals surface area contributed by atoms with Crippen molar-refractivity contribution in [1.82, 2.24) is 4.98 Å². The molecule has 66 valence electrons. The Balaban J connectivity index is 3.18. The quantitative estimate of drug-likeness (QED) is 0.731. The maximum atomic E-state index is 12.2. The van der Waals surface area contributed by atoms with Crippen LogP contribution in [0.15, 0.2) is 12.4 Å². The van der Waals surface area contributed by atoms with Gasteiger partial charge in [-0.2, -0.15) is 0 Å². The van der Waals surface area contributed by atoms with Gasteiger partial charge in [-0.3, -0.25) is 4.98 Å². The molecular weight excluding hydrogens is 186 g/mol. The first-order chi connectivity index (χ1) is 5.66. The highest BCUT2D eigenvalue weighted by Crippen LogP contribution is 2.26. The second kappa shape index (κ2) is 3.67. The Bertz CT molecular complexity index is 278. The largest absolute Gasteiger partial charge is 0.397 e. The standard InChI is InChI=1S/C7H7ClF2N2/c8-1-4-5(7(9)10)2-12-3-6(4)11/h2-3,7H,1,11H2. The molecule has 2 nitrogen and oxygen atoms in total. The molecule has 0 aliphatic heterocycles. The average molecular weight is 193 g/mol. The van der Waals surface area contributed by atoms with Crippen LogP contribution >= 0.6 is 11.6 Å². The number of hydrogen-bond acceptors (Lipinski definition) is 2. The zero-order chi connectivity index (χ0) is 9.14. The Kier molecular flexibility index (Phi) is 2.81. The SMILES string of the molecule is Nc1cncc(C(F)F)c1CCl. The van der Waals surface area contributed by atoms with Crippen molar-refractivity contribution < 1.29 is 8.78 Å². The summed E-state index contributed by atoms with van der Waals surface area (Å²) < 4.78 is 24.5. The highest BCUT2D eigenvalue weighted by atomic mass is 35.5. The molecule has 0 amide bonds. The first kappa shape index (κ1) is 9.19. The maximum Gasteiger partial charge on any atom is 0.265 e. The van der Waals surface area contributed by atoms with Crippen molar-refractivity contribution in [2.75, 3.05) is 5.73 Å². The van der Waals surface area contributed by atoms with Crippen LogP contribution in [0.3, 0.4) is 0 Å². The van der Waals surface area contributed by atoms with Crippen molar-refractivity contribution in [3.63, 3.8) is 0 Å². The molecule has 1 rings (SSSR count). The molecule has 2 N–H and O–H groups in total. The molecule has 12 heavy (non-hydrogen) atoms. The lowest BCUT2D eigenvalue weighted by atomic mass is 10.1. The normalized spacial score (nSPS) is 10.7. The number of halogens is 3. The molecule has 0 aliphatic rings. The van der Waals surface area contributed by atoms with Crippen LogP contribution in [0.1, 0.15) is 17.6 Å². The fourth-order valence-corrected chi connectivity index (χ4v) is 1.17. The van der Waals surface area contributed by atoms with Gasteiger partial charge in [-0.15, -0.1) is 11.6 Å². The molecule has 0 unspecified atom stereocenters. The molecule has 0 spiro atoms. The van der Waals surface area contributed by atoms with Gasteiger partial charge in [-0.05, 0) is 0 Å². The molecule has 0 atom stereocenters. The minimum atomic E-state index is -2.57. The lowest BCUT2D eigenvalue weighted by Crippen LogP contribution is -1.99. The fraction of sp³-hybridized carbons (Fsp3) is 0.286. The molecule has 0 aliphatic carbocycles. The highest BCUT2D eigenvalue weighted by molar-refractivity contribution is 6.17. The van der Waals surface area contributed by atoms with Crippen molar-refractivity contribution in [3.05, 3.63) is 23.5 Å². The minimum absolute atomic E-state index is 0.0198. The molecule has 0 saturated heterocycles.